The molecule has 1 aliphatic heterocycles. The van der Waals surface area contributed by atoms with E-state index < -0.39 is 10.0 Å². The van der Waals surface area contributed by atoms with E-state index >= 15 is 0 Å². The summed E-state index contributed by atoms with van der Waals surface area (Å²) < 4.78 is 28.0. The number of anilines is 2. The van der Waals surface area contributed by atoms with E-state index in [9.17, 15) is 13.2 Å². The number of amides is 1. The summed E-state index contributed by atoms with van der Waals surface area (Å²) in [5.74, 6) is 0.358. The van der Waals surface area contributed by atoms with Crippen LogP contribution in [-0.2, 0) is 21.2 Å². The quantitative estimate of drug-likeness (QED) is 0.864. The number of nitrogens with zero attached hydrogens (tertiary/aromatic N) is 1. The lowest BCUT2D eigenvalue weighted by atomic mass is 10.1. The molecular formula is C19H19ClN2O3S. The third-order valence-electron chi connectivity index (χ3n) is 4.86. The van der Waals surface area contributed by atoms with Crippen LogP contribution < -0.4 is 9.62 Å². The second kappa shape index (κ2) is 6.28. The van der Waals surface area contributed by atoms with Crippen molar-refractivity contribution in [1.82, 2.24) is 0 Å². The smallest absolute Gasteiger partial charge is 0.262 e. The number of benzene rings is 2. The summed E-state index contributed by atoms with van der Waals surface area (Å²) in [6.07, 6.45) is 2.68. The number of carbonyl (C=O) groups is 1. The van der Waals surface area contributed by atoms with Gasteiger partial charge in [0.1, 0.15) is 0 Å². The SMILES string of the molecule is Cc1ccc(Cl)cc1S(=O)(=O)Nc1ccc2c(c1)CCN2C(=O)C1CC1. The van der Waals surface area contributed by atoms with Crippen LogP contribution in [0.2, 0.25) is 5.02 Å². The third-order valence-corrected chi connectivity index (χ3v) is 6.62. The fourth-order valence-electron chi connectivity index (χ4n) is 3.32. The number of nitrogens with one attached hydrogen (secondary N) is 1. The molecule has 136 valence electrons. The minimum Gasteiger partial charge on any atom is -0.312 e. The van der Waals surface area contributed by atoms with Gasteiger partial charge in [-0.3, -0.25) is 9.52 Å². The molecule has 0 bridgehead atoms. The number of carbonyl (C=O) groups excluding carboxylic acids is 1. The van der Waals surface area contributed by atoms with E-state index in [0.29, 0.717) is 22.8 Å². The molecule has 1 amide bonds. The van der Waals surface area contributed by atoms with Gasteiger partial charge in [0.25, 0.3) is 10.0 Å². The fraction of sp³-hybridized carbons (Fsp3) is 0.316. The summed E-state index contributed by atoms with van der Waals surface area (Å²) in [4.78, 5) is 14.3. The van der Waals surface area contributed by atoms with E-state index in [1.807, 2.05) is 17.0 Å². The number of rotatable bonds is 4. The molecule has 2 aliphatic rings. The van der Waals surface area contributed by atoms with Gasteiger partial charge in [-0.25, -0.2) is 8.42 Å². The molecule has 1 N–H and O–H groups in total. The van der Waals surface area contributed by atoms with E-state index in [4.69, 9.17) is 11.6 Å². The first-order valence-corrected chi connectivity index (χ1v) is 10.4. The van der Waals surface area contributed by atoms with Gasteiger partial charge in [0.2, 0.25) is 5.91 Å². The molecule has 4 rings (SSSR count). The molecule has 1 heterocycles. The summed E-state index contributed by atoms with van der Waals surface area (Å²) in [5, 5.41) is 0.374. The Balaban J connectivity index is 1.60. The van der Waals surface area contributed by atoms with Gasteiger partial charge in [-0.05, 0) is 67.6 Å². The van der Waals surface area contributed by atoms with Crippen molar-refractivity contribution in [2.24, 2.45) is 5.92 Å². The zero-order chi connectivity index (χ0) is 18.5. The van der Waals surface area contributed by atoms with Crippen molar-refractivity contribution in [3.05, 3.63) is 52.5 Å². The molecule has 0 saturated heterocycles. The van der Waals surface area contributed by atoms with Crippen LogP contribution in [0.15, 0.2) is 41.3 Å². The lowest BCUT2D eigenvalue weighted by Gasteiger charge is -2.17. The highest BCUT2D eigenvalue weighted by Crippen LogP contribution is 2.37. The Morgan fingerprint density at radius 2 is 1.96 bits per heavy atom. The molecule has 2 aromatic carbocycles. The molecule has 5 nitrogen and oxygen atoms in total. The lowest BCUT2D eigenvalue weighted by molar-refractivity contribution is -0.119. The van der Waals surface area contributed by atoms with Gasteiger partial charge in [-0.1, -0.05) is 17.7 Å². The summed E-state index contributed by atoms with van der Waals surface area (Å²) in [7, 11) is -3.73. The molecule has 1 fully saturated rings. The minimum absolute atomic E-state index is 0.163. The number of fused-ring (bicyclic) bond motifs is 1. The maximum Gasteiger partial charge on any atom is 0.262 e. The van der Waals surface area contributed by atoms with Crippen LogP contribution in [-0.4, -0.2) is 20.9 Å². The highest BCUT2D eigenvalue weighted by Gasteiger charge is 2.36. The maximum absolute atomic E-state index is 12.7. The molecule has 26 heavy (non-hydrogen) atoms. The molecule has 0 spiro atoms. The van der Waals surface area contributed by atoms with E-state index in [-0.39, 0.29) is 16.7 Å². The van der Waals surface area contributed by atoms with Gasteiger partial charge >= 0.3 is 0 Å². The molecule has 1 saturated carbocycles. The second-order valence-electron chi connectivity index (χ2n) is 6.87. The van der Waals surface area contributed by atoms with Crippen LogP contribution in [0.25, 0.3) is 0 Å². The predicted octanol–water partition coefficient (Wildman–Crippen LogP) is 3.75. The second-order valence-corrected chi connectivity index (χ2v) is 8.96. The van der Waals surface area contributed by atoms with Crippen LogP contribution in [0.1, 0.15) is 24.0 Å². The monoisotopic (exact) mass is 390 g/mol. The Bertz CT molecular complexity index is 1000. The zero-order valence-corrected chi connectivity index (χ0v) is 15.9. The standard InChI is InChI=1S/C19H19ClN2O3S/c1-12-2-5-15(20)11-18(12)26(24,25)21-16-6-7-17-14(10-16)8-9-22(17)19(23)13-3-4-13/h2,5-7,10-11,13,21H,3-4,8-9H2,1H3. The molecule has 0 radical (unpaired) electrons. The van der Waals surface area contributed by atoms with Crippen molar-refractivity contribution in [2.75, 3.05) is 16.2 Å². The van der Waals surface area contributed by atoms with Crippen molar-refractivity contribution in [2.45, 2.75) is 31.1 Å². The Hall–Kier alpha value is -2.05. The largest absolute Gasteiger partial charge is 0.312 e. The van der Waals surface area contributed by atoms with Gasteiger partial charge in [-0.15, -0.1) is 0 Å². The van der Waals surface area contributed by atoms with Crippen LogP contribution in [0.3, 0.4) is 0 Å². The van der Waals surface area contributed by atoms with Gasteiger partial charge in [0.15, 0.2) is 0 Å². The lowest BCUT2D eigenvalue weighted by Crippen LogP contribution is -2.30. The summed E-state index contributed by atoms with van der Waals surface area (Å²) in [5.41, 5.74) is 3.00. The highest BCUT2D eigenvalue weighted by atomic mass is 35.5. The summed E-state index contributed by atoms with van der Waals surface area (Å²) >= 11 is 5.95. The number of sulfonamides is 1. The average molecular weight is 391 g/mol. The molecule has 2 aromatic rings. The van der Waals surface area contributed by atoms with E-state index in [2.05, 4.69) is 4.72 Å². The number of halogens is 1. The Kier molecular flexibility index (Phi) is 4.20. The number of hydrogen-bond acceptors (Lipinski definition) is 3. The Morgan fingerprint density at radius 1 is 1.19 bits per heavy atom. The van der Waals surface area contributed by atoms with Crippen LogP contribution in [0.4, 0.5) is 11.4 Å². The minimum atomic E-state index is -3.73. The topological polar surface area (TPSA) is 66.5 Å². The zero-order valence-electron chi connectivity index (χ0n) is 14.3. The first-order chi connectivity index (χ1) is 12.3. The molecule has 7 heteroatoms. The van der Waals surface area contributed by atoms with Gasteiger partial charge in [0.05, 0.1) is 4.90 Å². The summed E-state index contributed by atoms with van der Waals surface area (Å²) in [6.45, 7) is 2.39. The Morgan fingerprint density at radius 3 is 2.69 bits per heavy atom. The first kappa shape index (κ1) is 17.4. The number of hydrogen-bond donors (Lipinski definition) is 1. The first-order valence-electron chi connectivity index (χ1n) is 8.58. The van der Waals surface area contributed by atoms with Gasteiger partial charge in [0, 0.05) is 28.9 Å². The van der Waals surface area contributed by atoms with E-state index in [1.54, 1.807) is 25.1 Å². The average Bonchev–Trinajstić information content (AvgIpc) is 3.36. The van der Waals surface area contributed by atoms with Crippen molar-refractivity contribution in [3.63, 3.8) is 0 Å². The van der Waals surface area contributed by atoms with Crippen molar-refractivity contribution in [3.8, 4) is 0 Å². The third kappa shape index (κ3) is 3.19. The van der Waals surface area contributed by atoms with Crippen LogP contribution in [0.5, 0.6) is 0 Å². The van der Waals surface area contributed by atoms with Crippen LogP contribution in [0, 0.1) is 12.8 Å². The fourth-order valence-corrected chi connectivity index (χ4v) is 4.88. The predicted molar refractivity (Wildman–Crippen MR) is 102 cm³/mol. The van der Waals surface area contributed by atoms with Crippen LogP contribution >= 0.6 is 11.6 Å². The normalized spacial score (nSPS) is 16.5. The maximum atomic E-state index is 12.7. The molecule has 0 atom stereocenters. The molecule has 0 unspecified atom stereocenters. The van der Waals surface area contributed by atoms with Gasteiger partial charge < -0.3 is 4.90 Å². The Labute approximate surface area is 158 Å². The molecular weight excluding hydrogens is 372 g/mol. The summed E-state index contributed by atoms with van der Waals surface area (Å²) in [6, 6.07) is 10.1. The highest BCUT2D eigenvalue weighted by molar-refractivity contribution is 7.92. The molecule has 0 aromatic heterocycles. The van der Waals surface area contributed by atoms with E-state index in [1.165, 1.54) is 6.07 Å². The van der Waals surface area contributed by atoms with E-state index in [0.717, 1.165) is 30.5 Å². The molecule has 1 aliphatic carbocycles. The van der Waals surface area contributed by atoms with Crippen molar-refractivity contribution < 1.29 is 13.2 Å². The number of aryl methyl sites for hydroxylation is 1. The van der Waals surface area contributed by atoms with Crippen molar-refractivity contribution in [1.29, 1.82) is 0 Å². The van der Waals surface area contributed by atoms with Gasteiger partial charge in [-0.2, -0.15) is 0 Å². The van der Waals surface area contributed by atoms with Crippen molar-refractivity contribution >= 4 is 38.9 Å².